The molecular formula is C20H15N3O2. The molecule has 25 heavy (non-hydrogen) atoms. The Hall–Kier alpha value is -3.34. The van der Waals surface area contributed by atoms with Crippen LogP contribution in [0.5, 0.6) is 0 Å². The summed E-state index contributed by atoms with van der Waals surface area (Å²) in [6.07, 6.45) is 2.45. The fourth-order valence-electron chi connectivity index (χ4n) is 3.08. The molecule has 1 aromatic heterocycles. The molecule has 1 aliphatic heterocycles. The maximum Gasteiger partial charge on any atom is 0.270 e. The Morgan fingerprint density at radius 2 is 1.96 bits per heavy atom. The number of hydrogen-bond donors (Lipinski definition) is 0. The van der Waals surface area contributed by atoms with Crippen molar-refractivity contribution < 1.29 is 4.92 Å². The van der Waals surface area contributed by atoms with Gasteiger partial charge in [0.2, 0.25) is 0 Å². The zero-order valence-corrected chi connectivity index (χ0v) is 13.6. The van der Waals surface area contributed by atoms with Crippen molar-refractivity contribution in [2.45, 2.75) is 13.3 Å². The van der Waals surface area contributed by atoms with Crippen LogP contribution in [0.4, 0.5) is 11.4 Å². The van der Waals surface area contributed by atoms with E-state index in [2.05, 4.69) is 23.2 Å². The van der Waals surface area contributed by atoms with Crippen molar-refractivity contribution in [3.63, 3.8) is 0 Å². The minimum Gasteiger partial charge on any atom is -0.259 e. The summed E-state index contributed by atoms with van der Waals surface area (Å²) in [6, 6.07) is 16.6. The lowest BCUT2D eigenvalue weighted by molar-refractivity contribution is -0.384. The molecule has 5 nitrogen and oxygen atoms in total. The van der Waals surface area contributed by atoms with Crippen molar-refractivity contribution in [2.75, 3.05) is 0 Å². The molecule has 0 N–H and O–H groups in total. The molecule has 5 heteroatoms. The fourth-order valence-corrected chi connectivity index (χ4v) is 3.08. The van der Waals surface area contributed by atoms with Crippen molar-refractivity contribution in [1.82, 2.24) is 4.98 Å². The molecule has 0 aliphatic carbocycles. The maximum absolute atomic E-state index is 11.2. The molecule has 0 saturated heterocycles. The molecular weight excluding hydrogens is 314 g/mol. The average Bonchev–Trinajstić information content (AvgIpc) is 2.78. The molecule has 2 aromatic carbocycles. The third kappa shape index (κ3) is 2.80. The zero-order chi connectivity index (χ0) is 17.4. The molecule has 122 valence electrons. The average molecular weight is 329 g/mol. The molecule has 0 fully saturated rings. The molecule has 0 spiro atoms. The molecule has 0 amide bonds. The number of pyridine rings is 1. The van der Waals surface area contributed by atoms with E-state index in [-0.39, 0.29) is 10.6 Å². The number of hydrogen-bond acceptors (Lipinski definition) is 4. The highest BCUT2D eigenvalue weighted by Gasteiger charge is 2.20. The van der Waals surface area contributed by atoms with Gasteiger partial charge in [-0.3, -0.25) is 15.1 Å². The van der Waals surface area contributed by atoms with E-state index in [0.717, 1.165) is 39.3 Å². The van der Waals surface area contributed by atoms with Gasteiger partial charge in [-0.05, 0) is 30.7 Å². The third-order valence-electron chi connectivity index (χ3n) is 4.31. The highest BCUT2D eigenvalue weighted by molar-refractivity contribution is 6.15. The Balaban J connectivity index is 1.99. The van der Waals surface area contributed by atoms with Gasteiger partial charge in [0.05, 0.1) is 22.0 Å². The zero-order valence-electron chi connectivity index (χ0n) is 13.6. The van der Waals surface area contributed by atoms with Gasteiger partial charge in [-0.2, -0.15) is 0 Å². The molecule has 0 atom stereocenters. The summed E-state index contributed by atoms with van der Waals surface area (Å²) in [5, 5.41) is 11.2. The summed E-state index contributed by atoms with van der Waals surface area (Å²) in [5.74, 6) is 0. The number of nitro groups is 1. The number of non-ortho nitro benzene ring substituents is 1. The van der Waals surface area contributed by atoms with Gasteiger partial charge in [-0.15, -0.1) is 0 Å². The number of rotatable bonds is 2. The first-order valence-corrected chi connectivity index (χ1v) is 7.99. The molecule has 2 heterocycles. The van der Waals surface area contributed by atoms with E-state index in [0.29, 0.717) is 6.42 Å². The van der Waals surface area contributed by atoms with Crippen LogP contribution in [0.3, 0.4) is 0 Å². The summed E-state index contributed by atoms with van der Waals surface area (Å²) in [6.45, 7) is 2.03. The molecule has 0 bridgehead atoms. The first kappa shape index (κ1) is 15.2. The van der Waals surface area contributed by atoms with E-state index < -0.39 is 0 Å². The van der Waals surface area contributed by atoms with E-state index >= 15 is 0 Å². The van der Waals surface area contributed by atoms with Crippen LogP contribution in [0, 0.1) is 17.0 Å². The van der Waals surface area contributed by atoms with Crippen LogP contribution in [-0.4, -0.2) is 15.6 Å². The van der Waals surface area contributed by atoms with Gasteiger partial charge in [0, 0.05) is 35.9 Å². The second kappa shape index (κ2) is 5.94. The van der Waals surface area contributed by atoms with Gasteiger partial charge in [-0.25, -0.2) is 4.99 Å². The monoisotopic (exact) mass is 329 g/mol. The van der Waals surface area contributed by atoms with Gasteiger partial charge in [-0.1, -0.05) is 29.8 Å². The second-order valence-electron chi connectivity index (χ2n) is 6.07. The van der Waals surface area contributed by atoms with E-state index in [1.54, 1.807) is 18.3 Å². The van der Waals surface area contributed by atoms with E-state index in [1.807, 2.05) is 25.1 Å². The van der Waals surface area contributed by atoms with Crippen molar-refractivity contribution >= 4 is 17.1 Å². The molecule has 4 rings (SSSR count). The number of fused-ring (bicyclic) bond motifs is 2. The van der Waals surface area contributed by atoms with Crippen molar-refractivity contribution in [1.29, 1.82) is 0 Å². The van der Waals surface area contributed by atoms with Crippen LogP contribution in [0.1, 0.15) is 27.9 Å². The number of nitro benzene ring substituents is 1. The van der Waals surface area contributed by atoms with Crippen LogP contribution >= 0.6 is 0 Å². The maximum atomic E-state index is 11.2. The number of aliphatic imine (C=N–C) groups is 1. The van der Waals surface area contributed by atoms with E-state index in [1.165, 1.54) is 6.07 Å². The Bertz CT molecular complexity index is 1020. The summed E-state index contributed by atoms with van der Waals surface area (Å²) >= 11 is 0. The first-order valence-electron chi connectivity index (χ1n) is 7.99. The topological polar surface area (TPSA) is 68.4 Å². The van der Waals surface area contributed by atoms with Gasteiger partial charge in [0.25, 0.3) is 5.69 Å². The van der Waals surface area contributed by atoms with Crippen molar-refractivity contribution in [2.24, 2.45) is 4.99 Å². The van der Waals surface area contributed by atoms with E-state index in [9.17, 15) is 10.1 Å². The minimum absolute atomic E-state index is 0.0602. The van der Waals surface area contributed by atoms with Crippen LogP contribution in [-0.2, 0) is 6.42 Å². The predicted octanol–water partition coefficient (Wildman–Crippen LogP) is 4.37. The quantitative estimate of drug-likeness (QED) is 0.405. The number of aryl methyl sites for hydroxylation is 1. The van der Waals surface area contributed by atoms with Crippen molar-refractivity contribution in [3.8, 4) is 0 Å². The summed E-state index contributed by atoms with van der Waals surface area (Å²) in [4.78, 5) is 20.1. The molecule has 0 radical (unpaired) electrons. The molecule has 3 aromatic rings. The Kier molecular flexibility index (Phi) is 3.61. The lowest BCUT2D eigenvalue weighted by Crippen LogP contribution is -2.06. The Morgan fingerprint density at radius 3 is 2.80 bits per heavy atom. The highest BCUT2D eigenvalue weighted by Crippen LogP contribution is 2.30. The smallest absolute Gasteiger partial charge is 0.259 e. The lowest BCUT2D eigenvalue weighted by Gasteiger charge is -2.10. The summed E-state index contributed by atoms with van der Waals surface area (Å²) < 4.78 is 0. The molecule has 0 unspecified atom stereocenters. The molecule has 1 aliphatic rings. The van der Waals surface area contributed by atoms with E-state index in [4.69, 9.17) is 4.99 Å². The van der Waals surface area contributed by atoms with Gasteiger partial charge >= 0.3 is 0 Å². The van der Waals surface area contributed by atoms with Gasteiger partial charge in [0.15, 0.2) is 0 Å². The predicted molar refractivity (Wildman–Crippen MR) is 96.6 cm³/mol. The fraction of sp³-hybridized carbons (Fsp3) is 0.100. The van der Waals surface area contributed by atoms with Gasteiger partial charge in [0.1, 0.15) is 0 Å². The van der Waals surface area contributed by atoms with Crippen LogP contribution in [0.2, 0.25) is 0 Å². The number of benzene rings is 2. The largest absolute Gasteiger partial charge is 0.270 e. The number of nitrogens with zero attached hydrogens (tertiary/aromatic N) is 3. The summed E-state index contributed by atoms with van der Waals surface area (Å²) in [7, 11) is 0. The molecule has 0 saturated carbocycles. The lowest BCUT2D eigenvalue weighted by atomic mass is 9.94. The SMILES string of the molecule is Cc1ccc2c(c1)C(c1cccc([N+](=O)[O-])c1)=Nc1cccnc1C2. The van der Waals surface area contributed by atoms with Crippen LogP contribution in [0.25, 0.3) is 0 Å². The minimum atomic E-state index is -0.382. The highest BCUT2D eigenvalue weighted by atomic mass is 16.6. The summed E-state index contributed by atoms with van der Waals surface area (Å²) in [5.41, 5.74) is 6.49. The Labute approximate surface area is 144 Å². The number of aromatic nitrogens is 1. The standard InChI is InChI=1S/C20H15N3O2/c1-13-7-8-14-12-19-18(6-3-9-21-19)22-20(17(14)10-13)15-4-2-5-16(11-15)23(24)25/h2-11H,12H2,1H3. The third-order valence-corrected chi connectivity index (χ3v) is 4.31. The second-order valence-corrected chi connectivity index (χ2v) is 6.07. The van der Waals surface area contributed by atoms with Crippen molar-refractivity contribution in [3.05, 3.63) is 98.9 Å². The normalized spacial score (nSPS) is 12.6. The van der Waals surface area contributed by atoms with Gasteiger partial charge < -0.3 is 0 Å². The van der Waals surface area contributed by atoms with Crippen LogP contribution < -0.4 is 0 Å². The Morgan fingerprint density at radius 1 is 1.08 bits per heavy atom. The van der Waals surface area contributed by atoms with Crippen LogP contribution in [0.15, 0.2) is 65.8 Å². The first-order chi connectivity index (χ1) is 12.1.